The van der Waals surface area contributed by atoms with Crippen molar-refractivity contribution in [1.29, 1.82) is 5.26 Å². The molecule has 1 aliphatic heterocycles. The number of aromatic nitrogens is 6. The van der Waals surface area contributed by atoms with E-state index in [9.17, 15) is 4.79 Å². The second kappa shape index (κ2) is 11.6. The number of imidazole rings is 1. The molecule has 0 spiro atoms. The van der Waals surface area contributed by atoms with Gasteiger partial charge in [0.15, 0.2) is 11.6 Å². The second-order valence-electron chi connectivity index (χ2n) is 11.4. The molecule has 13 nitrogen and oxygen atoms in total. The van der Waals surface area contributed by atoms with E-state index in [4.69, 9.17) is 20.5 Å². The van der Waals surface area contributed by atoms with Crippen molar-refractivity contribution in [2.75, 3.05) is 36.9 Å². The third-order valence-electron chi connectivity index (χ3n) is 7.88. The molecule has 4 heterocycles. The smallest absolute Gasteiger partial charge is 0.321 e. The number of ether oxygens (including phenoxy) is 2. The zero-order valence-electron chi connectivity index (χ0n) is 23.7. The Morgan fingerprint density at radius 1 is 1.19 bits per heavy atom. The van der Waals surface area contributed by atoms with Crippen molar-refractivity contribution in [2.45, 2.75) is 32.6 Å². The largest absolute Gasteiger partial charge is 0.489 e. The fraction of sp³-hybridized carbons (Fsp3) is 0.483. The van der Waals surface area contributed by atoms with E-state index in [0.29, 0.717) is 55.7 Å². The average molecular weight is 571 g/mol. The fourth-order valence-corrected chi connectivity index (χ4v) is 5.16. The molecule has 2 fully saturated rings. The number of carbonyl (C=O) groups is 1. The number of aryl methyl sites for hydroxylation is 1. The first-order valence-corrected chi connectivity index (χ1v) is 14.3. The van der Waals surface area contributed by atoms with Gasteiger partial charge in [0.2, 0.25) is 11.8 Å². The second-order valence-corrected chi connectivity index (χ2v) is 11.4. The Labute approximate surface area is 243 Å². The number of nitrogens with two attached hydrogens (primary N) is 1. The predicted octanol–water partition coefficient (Wildman–Crippen LogP) is 2.74. The summed E-state index contributed by atoms with van der Waals surface area (Å²) in [4.78, 5) is 37.0. The molecule has 13 heteroatoms. The quantitative estimate of drug-likeness (QED) is 0.367. The molecule has 6 rings (SSSR count). The zero-order chi connectivity index (χ0) is 29.2. The van der Waals surface area contributed by atoms with E-state index in [0.717, 1.165) is 42.6 Å². The van der Waals surface area contributed by atoms with Crippen molar-refractivity contribution in [3.63, 3.8) is 0 Å². The number of nitrogens with zero attached hydrogens (tertiary/aromatic N) is 8. The Balaban J connectivity index is 1.09. The lowest BCUT2D eigenvalue weighted by Crippen LogP contribution is -2.37. The highest BCUT2D eigenvalue weighted by atomic mass is 16.5. The number of nitrogen functional groups attached to an aromatic ring is 1. The van der Waals surface area contributed by atoms with E-state index in [1.807, 2.05) is 34.9 Å². The molecular weight excluding hydrogens is 536 g/mol. The number of allylic oxidation sites excluding steroid dienone is 2. The lowest BCUT2D eigenvalue weighted by atomic mass is 9.93. The number of piperidine rings is 1. The van der Waals surface area contributed by atoms with Gasteiger partial charge in [-0.25, -0.2) is 9.97 Å². The monoisotopic (exact) mass is 570 g/mol. The number of hydrogen-bond acceptors (Lipinski definition) is 11. The third-order valence-corrected chi connectivity index (χ3v) is 7.88. The van der Waals surface area contributed by atoms with Crippen molar-refractivity contribution in [2.24, 2.45) is 30.7 Å². The molecule has 3 N–H and O–H groups in total. The topological polar surface area (TPSA) is 170 Å². The van der Waals surface area contributed by atoms with Crippen LogP contribution in [0.25, 0.3) is 11.3 Å². The van der Waals surface area contributed by atoms with Crippen molar-refractivity contribution in [3.05, 3.63) is 42.4 Å². The van der Waals surface area contributed by atoms with Crippen LogP contribution in [0.4, 0.5) is 11.8 Å². The summed E-state index contributed by atoms with van der Waals surface area (Å²) in [5, 5.41) is 12.0. The summed E-state index contributed by atoms with van der Waals surface area (Å²) in [6, 6.07) is 4.24. The van der Waals surface area contributed by atoms with Crippen LogP contribution in [0.15, 0.2) is 36.6 Å². The molecule has 0 radical (unpaired) electrons. The zero-order valence-corrected chi connectivity index (χ0v) is 23.7. The van der Waals surface area contributed by atoms with Gasteiger partial charge in [0.05, 0.1) is 37.2 Å². The highest BCUT2D eigenvalue weighted by Gasteiger charge is 2.38. The van der Waals surface area contributed by atoms with E-state index in [1.54, 1.807) is 12.5 Å². The van der Waals surface area contributed by atoms with Crippen LogP contribution in [0.5, 0.6) is 11.8 Å². The Morgan fingerprint density at radius 3 is 2.69 bits per heavy atom. The minimum absolute atomic E-state index is 0.00600. The molecule has 218 valence electrons. The van der Waals surface area contributed by atoms with Crippen LogP contribution < -0.4 is 25.4 Å². The van der Waals surface area contributed by atoms with Gasteiger partial charge in [-0.15, -0.1) is 0 Å². The lowest BCUT2D eigenvalue weighted by molar-refractivity contribution is 0.0949. The summed E-state index contributed by atoms with van der Waals surface area (Å²) in [5.41, 5.74) is 8.61. The summed E-state index contributed by atoms with van der Waals surface area (Å²) in [7, 11) is 1.91. The molecule has 3 aromatic rings. The van der Waals surface area contributed by atoms with Gasteiger partial charge < -0.3 is 30.0 Å². The van der Waals surface area contributed by atoms with Crippen LogP contribution in [0.3, 0.4) is 0 Å². The number of amides is 1. The van der Waals surface area contributed by atoms with E-state index < -0.39 is 0 Å². The number of rotatable bonds is 10. The molecule has 1 unspecified atom stereocenters. The van der Waals surface area contributed by atoms with Crippen LogP contribution in [0.2, 0.25) is 0 Å². The maximum Gasteiger partial charge on any atom is 0.321 e. The van der Waals surface area contributed by atoms with Gasteiger partial charge in [-0.2, -0.15) is 20.2 Å². The molecule has 0 aromatic carbocycles. The van der Waals surface area contributed by atoms with E-state index in [-0.39, 0.29) is 29.6 Å². The minimum atomic E-state index is -0.384. The SMILES string of the molecule is CC1C=C(NC(=O)c2nc(OC[C@H]3C[C@H]3C#N)nc(N3CCC(COc4cc(-c5cn(C)cn5)cnc4N)CC3)n2)C1. The average Bonchev–Trinajstić information content (AvgIpc) is 3.62. The first kappa shape index (κ1) is 27.4. The molecule has 42 heavy (non-hydrogen) atoms. The number of anilines is 2. The molecule has 3 atom stereocenters. The first-order chi connectivity index (χ1) is 20.3. The Hall–Kier alpha value is -4.73. The molecule has 1 saturated carbocycles. The Morgan fingerprint density at radius 2 is 2.00 bits per heavy atom. The van der Waals surface area contributed by atoms with Crippen LogP contribution in [0.1, 0.15) is 43.2 Å². The summed E-state index contributed by atoms with van der Waals surface area (Å²) in [5.74, 6) is 1.84. The van der Waals surface area contributed by atoms with E-state index in [1.165, 1.54) is 0 Å². The van der Waals surface area contributed by atoms with Crippen LogP contribution >= 0.6 is 0 Å². The van der Waals surface area contributed by atoms with Gasteiger partial charge in [0.25, 0.3) is 5.91 Å². The summed E-state index contributed by atoms with van der Waals surface area (Å²) >= 11 is 0. The Kier molecular flexibility index (Phi) is 7.60. The van der Waals surface area contributed by atoms with E-state index >= 15 is 0 Å². The first-order valence-electron chi connectivity index (χ1n) is 14.3. The van der Waals surface area contributed by atoms with Gasteiger partial charge in [0.1, 0.15) is 0 Å². The summed E-state index contributed by atoms with van der Waals surface area (Å²) in [6.07, 6.45) is 10.7. The molecule has 3 aromatic heterocycles. The van der Waals surface area contributed by atoms with E-state index in [2.05, 4.69) is 43.2 Å². The third kappa shape index (κ3) is 6.27. The summed E-state index contributed by atoms with van der Waals surface area (Å²) < 4.78 is 13.8. The van der Waals surface area contributed by atoms with Crippen LogP contribution in [-0.2, 0) is 7.05 Å². The number of carbonyl (C=O) groups excluding carboxylic acids is 1. The summed E-state index contributed by atoms with van der Waals surface area (Å²) in [6.45, 7) is 4.29. The van der Waals surface area contributed by atoms with Crippen molar-refractivity contribution in [3.8, 4) is 29.1 Å². The maximum absolute atomic E-state index is 12.9. The molecular formula is C29H34N10O3. The maximum atomic E-state index is 12.9. The van der Waals surface area contributed by atoms with Gasteiger partial charge in [-0.05, 0) is 43.6 Å². The fourth-order valence-electron chi connectivity index (χ4n) is 5.16. The number of nitrogens with one attached hydrogen (secondary N) is 1. The predicted molar refractivity (Wildman–Crippen MR) is 153 cm³/mol. The molecule has 1 amide bonds. The molecule has 1 saturated heterocycles. The van der Waals surface area contributed by atoms with Crippen LogP contribution in [0, 0.1) is 35.0 Å². The van der Waals surface area contributed by atoms with Gasteiger partial charge in [-0.1, -0.05) is 13.0 Å². The minimum Gasteiger partial charge on any atom is -0.489 e. The van der Waals surface area contributed by atoms with Crippen molar-refractivity contribution < 1.29 is 14.3 Å². The highest BCUT2D eigenvalue weighted by Crippen LogP contribution is 2.37. The van der Waals surface area contributed by atoms with Crippen LogP contribution in [-0.4, -0.2) is 61.7 Å². The number of hydrogen-bond donors (Lipinski definition) is 2. The lowest BCUT2D eigenvalue weighted by Gasteiger charge is -2.32. The number of pyridine rings is 1. The molecule has 2 aliphatic carbocycles. The number of nitriles is 1. The standard InChI is InChI=1S/C29H34N10O3/c1-17-7-22(8-17)34-27(40)26-35-28(37-29(36-26)42-15-21-9-19(21)11-30)39-5-3-18(4-6-39)14-41-24-10-20(12-32-25(24)31)23-13-38(2)16-33-23/h7,10,12-13,16-19,21H,3-6,8-9,14-15H2,1-2H3,(H2,31,32)(H,34,40)/t17?,19-,21+/m0/s1. The molecule has 3 aliphatic rings. The van der Waals surface area contributed by atoms with Crippen molar-refractivity contribution >= 4 is 17.7 Å². The normalized spacial score (nSPS) is 21.6. The Bertz CT molecular complexity index is 1540. The van der Waals surface area contributed by atoms with Crippen molar-refractivity contribution in [1.82, 2.24) is 34.8 Å². The van der Waals surface area contributed by atoms with Gasteiger partial charge in [0, 0.05) is 49.7 Å². The molecule has 0 bridgehead atoms. The van der Waals surface area contributed by atoms with Gasteiger partial charge in [-0.3, -0.25) is 4.79 Å². The van der Waals surface area contributed by atoms with Gasteiger partial charge >= 0.3 is 6.01 Å². The highest BCUT2D eigenvalue weighted by molar-refractivity contribution is 5.92.